The topological polar surface area (TPSA) is 121 Å². The van der Waals surface area contributed by atoms with Crippen LogP contribution in [0.2, 0.25) is 5.02 Å². The summed E-state index contributed by atoms with van der Waals surface area (Å²) in [6.45, 7) is 6.46. The Bertz CT molecular complexity index is 1930. The first-order chi connectivity index (χ1) is 23.0. The molecule has 1 fully saturated rings. The van der Waals surface area contributed by atoms with Gasteiger partial charge in [-0.1, -0.05) is 29.4 Å². The van der Waals surface area contributed by atoms with Crippen LogP contribution in [0.4, 0.5) is 24.1 Å². The molecular formula is C33H32Cl2F2N4O7S. The number of rotatable bonds is 6. The number of H-pyrrole nitrogens is 1. The Morgan fingerprint density at radius 3 is 2.35 bits per heavy atom. The number of ether oxygens (including phenoxy) is 3. The van der Waals surface area contributed by atoms with Gasteiger partial charge < -0.3 is 24.1 Å². The van der Waals surface area contributed by atoms with Crippen molar-refractivity contribution in [3.05, 3.63) is 79.2 Å². The van der Waals surface area contributed by atoms with E-state index in [1.54, 1.807) is 45.0 Å². The van der Waals surface area contributed by atoms with Gasteiger partial charge in [-0.05, 0) is 85.3 Å². The van der Waals surface area contributed by atoms with Crippen molar-refractivity contribution in [2.24, 2.45) is 0 Å². The third-order valence-electron chi connectivity index (χ3n) is 8.17. The number of methoxy groups -OCH3 is 1. The molecule has 3 aliphatic rings. The van der Waals surface area contributed by atoms with E-state index in [1.807, 2.05) is 0 Å². The SMILES string of the molecule is COc1cc2c(cc1N1CCCOC1=O)CN(C(=O)c1c(Sc3c(Cl)ccc4c3CN(C(=O)OC(C)(C)C)C4)cc(C(F)(F)Cl)[nH]c1=O)C2. The predicted molar refractivity (Wildman–Crippen MR) is 178 cm³/mol. The summed E-state index contributed by atoms with van der Waals surface area (Å²) < 4.78 is 45.1. The van der Waals surface area contributed by atoms with Gasteiger partial charge in [-0.15, -0.1) is 0 Å². The Balaban J connectivity index is 1.35. The number of hydrogen-bond acceptors (Lipinski definition) is 8. The lowest BCUT2D eigenvalue weighted by Gasteiger charge is -2.28. The zero-order valence-corrected chi connectivity index (χ0v) is 29.3. The largest absolute Gasteiger partial charge is 0.495 e. The molecule has 0 unspecified atom stereocenters. The number of amides is 3. The van der Waals surface area contributed by atoms with Gasteiger partial charge in [0.25, 0.3) is 11.5 Å². The van der Waals surface area contributed by atoms with Gasteiger partial charge in [0, 0.05) is 36.0 Å². The van der Waals surface area contributed by atoms with Crippen molar-refractivity contribution in [2.75, 3.05) is 25.2 Å². The first-order valence-electron chi connectivity index (χ1n) is 15.3. The van der Waals surface area contributed by atoms with E-state index in [2.05, 4.69) is 4.98 Å². The Morgan fingerprint density at radius 1 is 1.00 bits per heavy atom. The van der Waals surface area contributed by atoms with Gasteiger partial charge in [-0.25, -0.2) is 9.59 Å². The van der Waals surface area contributed by atoms with Crippen LogP contribution in [0.3, 0.4) is 0 Å². The third kappa shape index (κ3) is 7.04. The van der Waals surface area contributed by atoms with Crippen molar-refractivity contribution in [2.45, 2.75) is 74.1 Å². The number of aromatic nitrogens is 1. The molecule has 11 nitrogen and oxygen atoms in total. The number of hydrogen-bond donors (Lipinski definition) is 1. The summed E-state index contributed by atoms with van der Waals surface area (Å²) in [6.07, 6.45) is -0.428. The summed E-state index contributed by atoms with van der Waals surface area (Å²) in [4.78, 5) is 59.7. The molecule has 1 saturated heterocycles. The van der Waals surface area contributed by atoms with Crippen molar-refractivity contribution in [3.8, 4) is 5.75 Å². The first kappa shape index (κ1) is 34.8. The highest BCUT2D eigenvalue weighted by molar-refractivity contribution is 7.99. The zero-order valence-electron chi connectivity index (χ0n) is 27.0. The Hall–Kier alpha value is -4.01. The molecule has 0 aliphatic carbocycles. The smallest absolute Gasteiger partial charge is 0.414 e. The molecule has 260 valence electrons. The molecule has 0 spiro atoms. The van der Waals surface area contributed by atoms with E-state index < -0.39 is 40.3 Å². The molecule has 2 aromatic carbocycles. The number of carbonyl (C=O) groups excluding carboxylic acids is 3. The second-order valence-corrected chi connectivity index (χ2v) is 14.7. The summed E-state index contributed by atoms with van der Waals surface area (Å²) >= 11 is 12.8. The number of benzene rings is 2. The molecule has 4 heterocycles. The second-order valence-electron chi connectivity index (χ2n) is 12.8. The normalized spacial score (nSPS) is 16.0. The predicted octanol–water partition coefficient (Wildman–Crippen LogP) is 7.23. The Kier molecular flexibility index (Phi) is 9.26. The molecule has 1 N–H and O–H groups in total. The van der Waals surface area contributed by atoms with Gasteiger partial charge in [-0.3, -0.25) is 19.4 Å². The highest BCUT2D eigenvalue weighted by atomic mass is 35.5. The van der Waals surface area contributed by atoms with Crippen molar-refractivity contribution in [3.63, 3.8) is 0 Å². The van der Waals surface area contributed by atoms with Crippen LogP contribution in [0.25, 0.3) is 0 Å². The summed E-state index contributed by atoms with van der Waals surface area (Å²) in [5.41, 5.74) is 0.219. The lowest BCUT2D eigenvalue weighted by molar-refractivity contribution is 0.0241. The standard InChI is InChI=1S/C33H32Cl2F2N4O7S/c1-32(2,3)48-30(44)40-13-17-6-7-21(34)27(20(17)16-40)49-24-12-25(33(35,36)37)38-28(42)26(24)29(43)39-14-18-10-22(23(46-4)11-19(18)15-39)41-8-5-9-47-31(41)45/h6-7,10-12H,5,8-9,13-16H2,1-4H3,(H,38,42). The number of anilines is 1. The van der Waals surface area contributed by atoms with Crippen LogP contribution in [0.1, 0.15) is 65.5 Å². The lowest BCUT2D eigenvalue weighted by Crippen LogP contribution is -2.38. The van der Waals surface area contributed by atoms with E-state index in [4.69, 9.17) is 37.4 Å². The van der Waals surface area contributed by atoms with E-state index in [9.17, 15) is 28.0 Å². The minimum absolute atomic E-state index is 0.0668. The monoisotopic (exact) mass is 736 g/mol. The van der Waals surface area contributed by atoms with E-state index >= 15 is 0 Å². The molecule has 16 heteroatoms. The van der Waals surface area contributed by atoms with Gasteiger partial charge in [0.15, 0.2) is 0 Å². The molecule has 1 aromatic heterocycles. The maximum Gasteiger partial charge on any atom is 0.414 e. The van der Waals surface area contributed by atoms with E-state index in [-0.39, 0.29) is 41.7 Å². The van der Waals surface area contributed by atoms with Crippen molar-refractivity contribution < 1.29 is 37.4 Å². The number of nitrogens with one attached hydrogen (secondary N) is 1. The minimum Gasteiger partial charge on any atom is -0.495 e. The van der Waals surface area contributed by atoms with Crippen molar-refractivity contribution >= 4 is 58.7 Å². The van der Waals surface area contributed by atoms with Crippen LogP contribution < -0.4 is 15.2 Å². The lowest BCUT2D eigenvalue weighted by atomic mass is 10.1. The molecule has 3 amide bonds. The van der Waals surface area contributed by atoms with Crippen LogP contribution in [-0.2, 0) is 41.0 Å². The molecular weight excluding hydrogens is 705 g/mol. The number of pyridine rings is 1. The average molecular weight is 738 g/mol. The molecule has 0 saturated carbocycles. The summed E-state index contributed by atoms with van der Waals surface area (Å²) in [5.74, 6) is -0.316. The van der Waals surface area contributed by atoms with Crippen LogP contribution in [-0.4, -0.2) is 58.7 Å². The molecule has 3 aliphatic heterocycles. The Morgan fingerprint density at radius 2 is 1.69 bits per heavy atom. The number of nitrogens with zero attached hydrogens (tertiary/aromatic N) is 3. The maximum absolute atomic E-state index is 14.4. The number of carbonyl (C=O) groups is 3. The van der Waals surface area contributed by atoms with Gasteiger partial charge in [0.05, 0.1) is 31.0 Å². The molecule has 0 bridgehead atoms. The first-order valence-corrected chi connectivity index (χ1v) is 16.8. The fourth-order valence-electron chi connectivity index (χ4n) is 5.92. The molecule has 6 rings (SSSR count). The van der Waals surface area contributed by atoms with Crippen LogP contribution in [0, 0.1) is 0 Å². The summed E-state index contributed by atoms with van der Waals surface area (Å²) in [5, 5.41) is -3.71. The van der Waals surface area contributed by atoms with Crippen LogP contribution in [0.5, 0.6) is 5.75 Å². The van der Waals surface area contributed by atoms with E-state index in [0.717, 1.165) is 29.0 Å². The minimum atomic E-state index is -3.95. The van der Waals surface area contributed by atoms with Gasteiger partial charge >= 0.3 is 17.6 Å². The number of cyclic esters (lactones) is 1. The third-order valence-corrected chi connectivity index (χ3v) is 10.0. The molecule has 3 aromatic rings. The molecule has 0 atom stereocenters. The maximum atomic E-state index is 14.4. The fraction of sp³-hybridized carbons (Fsp3) is 0.394. The van der Waals surface area contributed by atoms with Gasteiger partial charge in [-0.2, -0.15) is 8.78 Å². The quantitative estimate of drug-likeness (QED) is 0.263. The van der Waals surface area contributed by atoms with Gasteiger partial charge in [0.1, 0.15) is 22.6 Å². The van der Waals surface area contributed by atoms with E-state index in [0.29, 0.717) is 47.0 Å². The van der Waals surface area contributed by atoms with Crippen LogP contribution in [0.15, 0.2) is 44.9 Å². The summed E-state index contributed by atoms with van der Waals surface area (Å²) in [7, 11) is 1.47. The number of halogens is 4. The highest BCUT2D eigenvalue weighted by Gasteiger charge is 2.36. The molecule has 49 heavy (non-hydrogen) atoms. The van der Waals surface area contributed by atoms with Crippen molar-refractivity contribution in [1.29, 1.82) is 0 Å². The van der Waals surface area contributed by atoms with Crippen molar-refractivity contribution in [1.82, 2.24) is 14.8 Å². The average Bonchev–Trinajstić information content (AvgIpc) is 3.65. The zero-order chi connectivity index (χ0) is 35.4. The van der Waals surface area contributed by atoms with Gasteiger partial charge in [0.2, 0.25) is 0 Å². The van der Waals surface area contributed by atoms with Crippen LogP contribution >= 0.6 is 35.0 Å². The number of alkyl halides is 3. The highest BCUT2D eigenvalue weighted by Crippen LogP contribution is 2.44. The number of fused-ring (bicyclic) bond motifs is 2. The van der Waals surface area contributed by atoms with E-state index in [1.165, 1.54) is 21.8 Å². The fourth-order valence-corrected chi connectivity index (χ4v) is 7.48. The number of aromatic amines is 1. The Labute approximate surface area is 294 Å². The molecule has 0 radical (unpaired) electrons. The summed E-state index contributed by atoms with van der Waals surface area (Å²) in [6, 6.07) is 7.79. The second kappa shape index (κ2) is 13.0.